The lowest BCUT2D eigenvalue weighted by atomic mass is 9.43. The Morgan fingerprint density at radius 3 is 2.00 bits per heavy atom. The molecule has 2 aliphatic heterocycles. The summed E-state index contributed by atoms with van der Waals surface area (Å²) in [5.74, 6) is 0. The highest BCUT2D eigenvalue weighted by Crippen LogP contribution is 2.51. The quantitative estimate of drug-likeness (QED) is 0.170. The van der Waals surface area contributed by atoms with Crippen LogP contribution in [-0.4, -0.2) is 11.3 Å². The van der Waals surface area contributed by atoms with Crippen LogP contribution in [0.1, 0.15) is 52.7 Å². The lowest BCUT2D eigenvalue weighted by Gasteiger charge is -2.44. The fourth-order valence-corrected chi connectivity index (χ4v) is 8.94. The molecule has 0 unspecified atom stereocenters. The number of rotatable bonds is 1. The molecule has 0 saturated carbocycles. The lowest BCUT2D eigenvalue weighted by Crippen LogP contribution is -2.58. The molecule has 0 aliphatic carbocycles. The van der Waals surface area contributed by atoms with Gasteiger partial charge < -0.3 is 13.8 Å². The van der Waals surface area contributed by atoms with Gasteiger partial charge in [-0.1, -0.05) is 126 Å². The van der Waals surface area contributed by atoms with E-state index in [9.17, 15) is 0 Å². The topological polar surface area (TPSA) is 21.3 Å². The molecule has 232 valence electrons. The molecule has 0 spiro atoms. The molecule has 10 rings (SSSR count). The number of fused-ring (bicyclic) bond motifs is 11. The van der Waals surface area contributed by atoms with Gasteiger partial charge in [0.15, 0.2) is 0 Å². The summed E-state index contributed by atoms with van der Waals surface area (Å²) in [6.07, 6.45) is 0. The van der Waals surface area contributed by atoms with Gasteiger partial charge in [-0.25, -0.2) is 0 Å². The van der Waals surface area contributed by atoms with Crippen LogP contribution in [-0.2, 0) is 10.8 Å². The Hall–Kier alpha value is -5.22. The number of aromatic nitrogens is 1. The summed E-state index contributed by atoms with van der Waals surface area (Å²) >= 11 is 0. The molecular weight excluding hydrogens is 583 g/mol. The normalized spacial score (nSPS) is 14.0. The van der Waals surface area contributed by atoms with Gasteiger partial charge in [0.25, 0.3) is 0 Å². The molecule has 2 aliphatic rings. The highest BCUT2D eigenvalue weighted by Gasteiger charge is 2.46. The van der Waals surface area contributed by atoms with Crippen molar-refractivity contribution in [3.63, 3.8) is 0 Å². The van der Waals surface area contributed by atoms with Gasteiger partial charge in [0, 0.05) is 61.3 Å². The molecule has 48 heavy (non-hydrogen) atoms. The monoisotopic (exact) mass is 620 g/mol. The van der Waals surface area contributed by atoms with Crippen LogP contribution in [0.4, 0.5) is 17.1 Å². The fourth-order valence-electron chi connectivity index (χ4n) is 8.94. The molecule has 0 saturated heterocycles. The van der Waals surface area contributed by atoms with Crippen LogP contribution in [0.25, 0.3) is 54.9 Å². The Kier molecular flexibility index (Phi) is 5.36. The Morgan fingerprint density at radius 2 is 1.19 bits per heavy atom. The third-order valence-electron chi connectivity index (χ3n) is 10.8. The number of anilines is 3. The van der Waals surface area contributed by atoms with Crippen molar-refractivity contribution < 1.29 is 4.42 Å². The first-order valence-corrected chi connectivity index (χ1v) is 17.2. The number of hydrogen-bond acceptors (Lipinski definition) is 2. The van der Waals surface area contributed by atoms with Gasteiger partial charge in [-0.05, 0) is 62.7 Å². The maximum atomic E-state index is 6.78. The Morgan fingerprint density at radius 1 is 0.542 bits per heavy atom. The molecule has 4 heterocycles. The van der Waals surface area contributed by atoms with Crippen molar-refractivity contribution >= 4 is 78.6 Å². The van der Waals surface area contributed by atoms with E-state index in [1.165, 1.54) is 82.8 Å². The van der Waals surface area contributed by atoms with Gasteiger partial charge in [-0.2, -0.15) is 0 Å². The van der Waals surface area contributed by atoms with Crippen molar-refractivity contribution in [2.45, 2.75) is 52.4 Å². The summed E-state index contributed by atoms with van der Waals surface area (Å²) in [7, 11) is 0. The third kappa shape index (κ3) is 3.50. The average molecular weight is 621 g/mol. The zero-order chi connectivity index (χ0) is 32.7. The molecule has 2 aromatic heterocycles. The summed E-state index contributed by atoms with van der Waals surface area (Å²) in [5.41, 5.74) is 15.9. The third-order valence-corrected chi connectivity index (χ3v) is 10.8. The number of hydrogen-bond donors (Lipinski definition) is 0. The van der Waals surface area contributed by atoms with Crippen molar-refractivity contribution in [3.8, 4) is 11.1 Å². The van der Waals surface area contributed by atoms with E-state index in [2.05, 4.69) is 166 Å². The van der Waals surface area contributed by atoms with E-state index in [1.54, 1.807) is 0 Å². The van der Waals surface area contributed by atoms with Crippen molar-refractivity contribution in [2.75, 3.05) is 4.90 Å². The Balaban J connectivity index is 1.49. The minimum absolute atomic E-state index is 0.0196. The predicted octanol–water partition coefficient (Wildman–Crippen LogP) is 10.7. The van der Waals surface area contributed by atoms with Crippen molar-refractivity contribution in [1.29, 1.82) is 0 Å². The van der Waals surface area contributed by atoms with Crippen LogP contribution < -0.4 is 15.8 Å². The Labute approximate surface area is 281 Å². The van der Waals surface area contributed by atoms with E-state index >= 15 is 0 Å². The molecule has 6 aromatic carbocycles. The van der Waals surface area contributed by atoms with Crippen LogP contribution in [0.15, 0.2) is 120 Å². The molecule has 8 aromatic rings. The van der Waals surface area contributed by atoms with E-state index in [1.807, 2.05) is 0 Å². The molecule has 0 radical (unpaired) electrons. The molecular formula is C44H37BN2O. The maximum Gasteiger partial charge on any atom is 0.333 e. The van der Waals surface area contributed by atoms with E-state index in [0.717, 1.165) is 11.2 Å². The number of para-hydroxylation sites is 4. The number of benzene rings is 6. The highest BCUT2D eigenvalue weighted by molar-refractivity contribution is 6.90. The van der Waals surface area contributed by atoms with Crippen molar-refractivity contribution in [3.05, 3.63) is 126 Å². The van der Waals surface area contributed by atoms with E-state index in [-0.39, 0.29) is 17.7 Å². The van der Waals surface area contributed by atoms with Crippen LogP contribution in [0.2, 0.25) is 0 Å². The SMILES string of the molecule is CC(C)(C)c1ccccc1N1c2cccc(C(C)(C)C)c2B2c3c1cc1oc4ccccc4c1c3-c1cccc3c4ccccc4n2c13. The first-order valence-electron chi connectivity index (χ1n) is 17.2. The van der Waals surface area contributed by atoms with Gasteiger partial charge >= 0.3 is 6.85 Å². The predicted molar refractivity (Wildman–Crippen MR) is 205 cm³/mol. The van der Waals surface area contributed by atoms with E-state index < -0.39 is 0 Å². The Bertz CT molecular complexity index is 2660. The van der Waals surface area contributed by atoms with Crippen LogP contribution in [0.5, 0.6) is 0 Å². The van der Waals surface area contributed by atoms with Crippen LogP contribution >= 0.6 is 0 Å². The smallest absolute Gasteiger partial charge is 0.333 e. The molecule has 4 heteroatoms. The molecule has 0 atom stereocenters. The summed E-state index contributed by atoms with van der Waals surface area (Å²) in [6, 6.07) is 42.7. The largest absolute Gasteiger partial charge is 0.456 e. The zero-order valence-corrected chi connectivity index (χ0v) is 28.3. The first-order chi connectivity index (χ1) is 23.1. The van der Waals surface area contributed by atoms with Crippen LogP contribution in [0, 0.1) is 0 Å². The summed E-state index contributed by atoms with van der Waals surface area (Å²) in [6.45, 7) is 14.0. The maximum absolute atomic E-state index is 6.78. The fraction of sp³-hybridized carbons (Fsp3) is 0.182. The molecule has 3 nitrogen and oxygen atoms in total. The van der Waals surface area contributed by atoms with Gasteiger partial charge in [-0.15, -0.1) is 0 Å². The molecule has 0 fully saturated rings. The summed E-state index contributed by atoms with van der Waals surface area (Å²) in [5, 5.41) is 4.98. The number of nitrogens with zero attached hydrogens (tertiary/aromatic N) is 2. The summed E-state index contributed by atoms with van der Waals surface area (Å²) in [4.78, 5) is 2.56. The van der Waals surface area contributed by atoms with Gasteiger partial charge in [0.05, 0.1) is 0 Å². The summed E-state index contributed by atoms with van der Waals surface area (Å²) < 4.78 is 9.44. The second-order valence-corrected chi connectivity index (χ2v) is 15.7. The minimum Gasteiger partial charge on any atom is -0.456 e. The van der Waals surface area contributed by atoms with Crippen LogP contribution in [0.3, 0.4) is 0 Å². The standard InChI is InChI=1S/C44H37BN2O/c1-43(2,3)30-19-9-11-22-33(30)46-34-23-14-20-31(44(4,5)6)40(34)45-41-35(46)25-37-38(28-16-8-12-24-36(28)48-37)39(41)29-18-13-17-27-26-15-7-10-21-32(26)47(45)42(27)29/h7-25H,1-6H3. The lowest BCUT2D eigenvalue weighted by molar-refractivity contribution is 0.590. The van der Waals surface area contributed by atoms with Gasteiger partial charge in [0.2, 0.25) is 0 Å². The average Bonchev–Trinajstić information content (AvgIpc) is 3.61. The molecule has 0 amide bonds. The van der Waals surface area contributed by atoms with E-state index in [0.29, 0.717) is 0 Å². The zero-order valence-electron chi connectivity index (χ0n) is 28.3. The van der Waals surface area contributed by atoms with Crippen molar-refractivity contribution in [1.82, 2.24) is 4.48 Å². The van der Waals surface area contributed by atoms with Crippen molar-refractivity contribution in [2.24, 2.45) is 0 Å². The highest BCUT2D eigenvalue weighted by atomic mass is 16.3. The molecule has 0 N–H and O–H groups in total. The minimum atomic E-state index is -0.0797. The van der Waals surface area contributed by atoms with E-state index in [4.69, 9.17) is 4.42 Å². The second-order valence-electron chi connectivity index (χ2n) is 15.7. The van der Waals surface area contributed by atoms with Gasteiger partial charge in [-0.3, -0.25) is 0 Å². The van der Waals surface area contributed by atoms with Gasteiger partial charge in [0.1, 0.15) is 11.2 Å². The molecule has 0 bridgehead atoms. The first kappa shape index (κ1) is 27.9. The second kappa shape index (κ2) is 9.23. The number of furan rings is 1.